The van der Waals surface area contributed by atoms with Gasteiger partial charge >= 0.3 is 11.9 Å². The van der Waals surface area contributed by atoms with Crippen molar-refractivity contribution in [1.29, 1.82) is 0 Å². The van der Waals surface area contributed by atoms with Crippen LogP contribution in [0, 0.1) is 6.92 Å². The van der Waals surface area contributed by atoms with Gasteiger partial charge in [-0.2, -0.15) is 0 Å². The molecule has 0 aromatic heterocycles. The molecule has 5 nitrogen and oxygen atoms in total. The van der Waals surface area contributed by atoms with Crippen LogP contribution in [0.4, 0.5) is 0 Å². The van der Waals surface area contributed by atoms with Gasteiger partial charge in [-0.25, -0.2) is 0 Å². The predicted octanol–water partition coefficient (Wildman–Crippen LogP) is 3.74. The molecule has 0 amide bonds. The molecule has 0 atom stereocenters. The Morgan fingerprint density at radius 3 is 1.84 bits per heavy atom. The second-order valence-corrected chi connectivity index (χ2v) is 5.49. The normalized spacial score (nSPS) is 10.5. The molecule has 0 unspecified atom stereocenters. The summed E-state index contributed by atoms with van der Waals surface area (Å²) in [6.45, 7) is 4.48. The van der Waals surface area contributed by atoms with E-state index in [0.29, 0.717) is 0 Å². The standard InChI is InChI=1S/C20H18O5/c1-13-4-6-16(7-5-13)8-9-20(23)17-10-18(24-14(2)21)12-19(11-17)25-15(3)22/h4-12H,1-3H3/b9-8+. The average Bonchev–Trinajstić information content (AvgIpc) is 2.52. The summed E-state index contributed by atoms with van der Waals surface area (Å²) in [5, 5.41) is 0. The van der Waals surface area contributed by atoms with Gasteiger partial charge in [0.1, 0.15) is 11.5 Å². The number of hydrogen-bond donors (Lipinski definition) is 0. The van der Waals surface area contributed by atoms with Crippen LogP contribution in [0.3, 0.4) is 0 Å². The van der Waals surface area contributed by atoms with E-state index in [1.54, 1.807) is 6.08 Å². The van der Waals surface area contributed by atoms with E-state index in [4.69, 9.17) is 9.47 Å². The number of carbonyl (C=O) groups is 3. The number of benzene rings is 2. The number of esters is 2. The van der Waals surface area contributed by atoms with Crippen LogP contribution >= 0.6 is 0 Å². The quantitative estimate of drug-likeness (QED) is 0.359. The molecule has 2 rings (SSSR count). The molecule has 0 aliphatic heterocycles. The zero-order valence-electron chi connectivity index (χ0n) is 14.2. The second kappa shape index (κ2) is 8.06. The van der Waals surface area contributed by atoms with Gasteiger partial charge in [0.2, 0.25) is 0 Å². The zero-order chi connectivity index (χ0) is 18.4. The van der Waals surface area contributed by atoms with Crippen LogP contribution in [0.25, 0.3) is 6.08 Å². The van der Waals surface area contributed by atoms with Gasteiger partial charge in [-0.1, -0.05) is 35.9 Å². The van der Waals surface area contributed by atoms with E-state index < -0.39 is 11.9 Å². The Balaban J connectivity index is 2.28. The lowest BCUT2D eigenvalue weighted by molar-refractivity contribution is -0.132. The third kappa shape index (κ3) is 5.73. The molecule has 25 heavy (non-hydrogen) atoms. The van der Waals surface area contributed by atoms with Gasteiger partial charge in [0.25, 0.3) is 0 Å². The minimum atomic E-state index is -0.534. The van der Waals surface area contributed by atoms with E-state index in [-0.39, 0.29) is 22.8 Å². The number of ketones is 1. The highest BCUT2D eigenvalue weighted by Crippen LogP contribution is 2.24. The van der Waals surface area contributed by atoms with Crippen molar-refractivity contribution in [3.8, 4) is 11.5 Å². The lowest BCUT2D eigenvalue weighted by Gasteiger charge is -2.07. The molecule has 0 fully saturated rings. The summed E-state index contributed by atoms with van der Waals surface area (Å²) in [6, 6.07) is 11.9. The Morgan fingerprint density at radius 2 is 1.36 bits per heavy atom. The fourth-order valence-corrected chi connectivity index (χ4v) is 2.11. The molecule has 0 radical (unpaired) electrons. The largest absolute Gasteiger partial charge is 0.427 e. The molecular formula is C20H18O5. The van der Waals surface area contributed by atoms with Crippen molar-refractivity contribution in [2.75, 3.05) is 0 Å². The first-order valence-electron chi connectivity index (χ1n) is 7.64. The van der Waals surface area contributed by atoms with Crippen molar-refractivity contribution in [3.05, 3.63) is 65.2 Å². The summed E-state index contributed by atoms with van der Waals surface area (Å²) >= 11 is 0. The van der Waals surface area contributed by atoms with Gasteiger partial charge in [-0.3, -0.25) is 14.4 Å². The molecular weight excluding hydrogens is 320 g/mol. The molecule has 0 heterocycles. The molecule has 128 valence electrons. The maximum absolute atomic E-state index is 12.4. The molecule has 2 aromatic carbocycles. The molecule has 0 aliphatic carbocycles. The van der Waals surface area contributed by atoms with Crippen LogP contribution in [0.2, 0.25) is 0 Å². The van der Waals surface area contributed by atoms with Crippen molar-refractivity contribution < 1.29 is 23.9 Å². The molecule has 0 bridgehead atoms. The average molecular weight is 338 g/mol. The molecule has 5 heteroatoms. The Kier molecular flexibility index (Phi) is 5.84. The van der Waals surface area contributed by atoms with Gasteiger partial charge in [0, 0.05) is 25.5 Å². The summed E-state index contributed by atoms with van der Waals surface area (Å²) in [6.07, 6.45) is 3.10. The second-order valence-electron chi connectivity index (χ2n) is 5.49. The van der Waals surface area contributed by atoms with Gasteiger partial charge in [0.15, 0.2) is 5.78 Å². The third-order valence-corrected chi connectivity index (χ3v) is 3.19. The summed E-state index contributed by atoms with van der Waals surface area (Å²) in [5.41, 5.74) is 2.26. The van der Waals surface area contributed by atoms with Crippen LogP contribution in [0.1, 0.15) is 35.3 Å². The van der Waals surface area contributed by atoms with E-state index in [1.807, 2.05) is 31.2 Å². The lowest BCUT2D eigenvalue weighted by atomic mass is 10.1. The number of rotatable bonds is 5. The van der Waals surface area contributed by atoms with E-state index in [2.05, 4.69) is 0 Å². The summed E-state index contributed by atoms with van der Waals surface area (Å²) in [7, 11) is 0. The topological polar surface area (TPSA) is 69.7 Å². The molecule has 0 spiro atoms. The number of carbonyl (C=O) groups excluding carboxylic acids is 3. The molecule has 0 N–H and O–H groups in total. The fourth-order valence-electron chi connectivity index (χ4n) is 2.11. The van der Waals surface area contributed by atoms with E-state index in [0.717, 1.165) is 11.1 Å². The Morgan fingerprint density at radius 1 is 0.840 bits per heavy atom. The Bertz CT molecular complexity index is 797. The van der Waals surface area contributed by atoms with E-state index >= 15 is 0 Å². The molecule has 0 saturated heterocycles. The summed E-state index contributed by atoms with van der Waals surface area (Å²) < 4.78 is 9.99. The third-order valence-electron chi connectivity index (χ3n) is 3.19. The Hall–Kier alpha value is -3.21. The SMILES string of the molecule is CC(=O)Oc1cc(OC(C)=O)cc(C(=O)/C=C/c2ccc(C)cc2)c1. The summed E-state index contributed by atoms with van der Waals surface area (Å²) in [4.78, 5) is 34.7. The smallest absolute Gasteiger partial charge is 0.308 e. The molecule has 0 aliphatic rings. The van der Waals surface area contributed by atoms with Crippen molar-refractivity contribution in [1.82, 2.24) is 0 Å². The van der Waals surface area contributed by atoms with Crippen LogP contribution in [0.5, 0.6) is 11.5 Å². The first-order chi connectivity index (χ1) is 11.8. The van der Waals surface area contributed by atoms with Crippen molar-refractivity contribution in [2.24, 2.45) is 0 Å². The van der Waals surface area contributed by atoms with Crippen molar-refractivity contribution in [2.45, 2.75) is 20.8 Å². The van der Waals surface area contributed by atoms with Crippen LogP contribution in [0.15, 0.2) is 48.5 Å². The molecule has 2 aromatic rings. The lowest BCUT2D eigenvalue weighted by Crippen LogP contribution is -2.06. The van der Waals surface area contributed by atoms with Gasteiger partial charge in [-0.15, -0.1) is 0 Å². The first kappa shape index (κ1) is 18.1. The maximum Gasteiger partial charge on any atom is 0.308 e. The van der Waals surface area contributed by atoms with E-state index in [1.165, 1.54) is 38.1 Å². The number of ether oxygens (including phenoxy) is 2. The maximum atomic E-state index is 12.4. The van der Waals surface area contributed by atoms with Gasteiger partial charge < -0.3 is 9.47 Å². The predicted molar refractivity (Wildman–Crippen MR) is 93.6 cm³/mol. The zero-order valence-corrected chi connectivity index (χ0v) is 14.2. The highest BCUT2D eigenvalue weighted by atomic mass is 16.5. The van der Waals surface area contributed by atoms with Gasteiger partial charge in [-0.05, 0) is 30.7 Å². The van der Waals surface area contributed by atoms with Gasteiger partial charge in [0.05, 0.1) is 0 Å². The minimum absolute atomic E-state index is 0.137. The van der Waals surface area contributed by atoms with Crippen LogP contribution < -0.4 is 9.47 Å². The highest BCUT2D eigenvalue weighted by molar-refractivity contribution is 6.07. The van der Waals surface area contributed by atoms with Crippen molar-refractivity contribution in [3.63, 3.8) is 0 Å². The summed E-state index contributed by atoms with van der Waals surface area (Å²) in [5.74, 6) is -1.10. The highest BCUT2D eigenvalue weighted by Gasteiger charge is 2.11. The van der Waals surface area contributed by atoms with E-state index in [9.17, 15) is 14.4 Å². The minimum Gasteiger partial charge on any atom is -0.427 e. The number of hydrogen-bond acceptors (Lipinski definition) is 5. The van der Waals surface area contributed by atoms with Crippen LogP contribution in [-0.2, 0) is 9.59 Å². The fraction of sp³-hybridized carbons (Fsp3) is 0.150. The van der Waals surface area contributed by atoms with Crippen molar-refractivity contribution >= 4 is 23.8 Å². The molecule has 0 saturated carbocycles. The van der Waals surface area contributed by atoms with Crippen LogP contribution in [-0.4, -0.2) is 17.7 Å². The first-order valence-corrected chi connectivity index (χ1v) is 7.64. The number of aryl methyl sites for hydroxylation is 1. The Labute approximate surface area is 145 Å². The monoisotopic (exact) mass is 338 g/mol. The number of allylic oxidation sites excluding steroid dienone is 1.